The Morgan fingerprint density at radius 2 is 1.37 bits per heavy atom. The molecule has 0 bridgehead atoms. The predicted octanol–water partition coefficient (Wildman–Crippen LogP) is 7.07. The second kappa shape index (κ2) is 5.01. The first kappa shape index (κ1) is 13.8. The van der Waals surface area contributed by atoms with Crippen LogP contribution in [0.2, 0.25) is 15.1 Å². The molecule has 0 N–H and O–H groups in total. The molecule has 7 heteroatoms. The third-order valence-corrected chi connectivity index (χ3v) is 5.79. The molecule has 0 aliphatic carbocycles. The molecule has 0 unspecified atom stereocenters. The Labute approximate surface area is 140 Å². The van der Waals surface area contributed by atoms with Crippen molar-refractivity contribution in [2.45, 2.75) is 0 Å². The molecule has 1 heterocycles. The Bertz CT molecular complexity index is 704. The number of hydrogen-bond donors (Lipinski definition) is 0. The Balaban J connectivity index is 2.17. The van der Waals surface area contributed by atoms with Gasteiger partial charge in [-0.15, -0.1) is 0 Å². The van der Waals surface area contributed by atoms with Gasteiger partial charge in [-0.1, -0.05) is 34.8 Å². The minimum atomic E-state index is 0.389. The van der Waals surface area contributed by atoms with Crippen LogP contribution in [0, 0.1) is 0 Å². The van der Waals surface area contributed by atoms with E-state index < -0.39 is 0 Å². The van der Waals surface area contributed by atoms with E-state index in [-0.39, 0.29) is 0 Å². The molecular weight excluding hydrogens is 442 g/mol. The zero-order valence-corrected chi connectivity index (χ0v) is 14.4. The molecule has 0 amide bonds. The van der Waals surface area contributed by atoms with Crippen LogP contribution in [0.5, 0.6) is 23.0 Å². The van der Waals surface area contributed by atoms with Crippen LogP contribution in [0.1, 0.15) is 0 Å². The first-order valence-electron chi connectivity index (χ1n) is 4.99. The number of ether oxygens (including phenoxy) is 2. The molecule has 0 atom stereocenters. The van der Waals surface area contributed by atoms with Crippen LogP contribution < -0.4 is 9.47 Å². The van der Waals surface area contributed by atoms with Crippen LogP contribution in [0.3, 0.4) is 0 Å². The molecule has 0 saturated heterocycles. The van der Waals surface area contributed by atoms with Crippen LogP contribution in [-0.2, 0) is 0 Å². The summed E-state index contributed by atoms with van der Waals surface area (Å²) >= 11 is 24.9. The molecule has 0 fully saturated rings. The molecule has 0 spiro atoms. The van der Waals surface area contributed by atoms with Crippen molar-refractivity contribution in [1.82, 2.24) is 0 Å². The molecule has 0 saturated carbocycles. The van der Waals surface area contributed by atoms with Gasteiger partial charge in [0.25, 0.3) is 0 Å². The molecule has 2 nitrogen and oxygen atoms in total. The highest BCUT2D eigenvalue weighted by Gasteiger charge is 2.25. The van der Waals surface area contributed by atoms with E-state index in [9.17, 15) is 0 Å². The summed E-state index contributed by atoms with van der Waals surface area (Å²) in [6.45, 7) is 0. The third kappa shape index (κ3) is 2.34. The van der Waals surface area contributed by atoms with Gasteiger partial charge in [-0.2, -0.15) is 0 Å². The zero-order valence-electron chi connectivity index (χ0n) is 8.94. The van der Waals surface area contributed by atoms with E-state index >= 15 is 0 Å². The van der Waals surface area contributed by atoms with Gasteiger partial charge in [0, 0.05) is 22.7 Å². The summed E-state index contributed by atoms with van der Waals surface area (Å²) in [6, 6.07) is 4.96. The van der Waals surface area contributed by atoms with E-state index in [1.807, 2.05) is 0 Å². The predicted molar refractivity (Wildman–Crippen MR) is 83.5 cm³/mol. The summed E-state index contributed by atoms with van der Waals surface area (Å²) in [4.78, 5) is 0. The number of rotatable bonds is 0. The lowest BCUT2D eigenvalue weighted by atomic mass is 10.2. The first-order chi connectivity index (χ1) is 8.97. The van der Waals surface area contributed by atoms with Gasteiger partial charge < -0.3 is 9.47 Å². The number of halogens is 5. The van der Waals surface area contributed by atoms with Crippen molar-refractivity contribution in [3.63, 3.8) is 0 Å². The molecule has 98 valence electrons. The summed E-state index contributed by atoms with van der Waals surface area (Å²) in [6.07, 6.45) is 0. The Hall–Kier alpha value is -0.130. The smallest absolute Gasteiger partial charge is 0.189 e. The van der Waals surface area contributed by atoms with Crippen molar-refractivity contribution >= 4 is 66.7 Å². The Kier molecular flexibility index (Phi) is 3.65. The average molecular weight is 445 g/mol. The standard InChI is InChI=1S/C12H3Br2Cl3O2/c13-4-1-9-12(11(17)10(4)14)19-8-3-6(16)5(15)2-7(8)18-9/h1-3H. The third-order valence-electron chi connectivity index (χ3n) is 2.50. The maximum Gasteiger partial charge on any atom is 0.189 e. The van der Waals surface area contributed by atoms with Crippen LogP contribution >= 0.6 is 66.7 Å². The van der Waals surface area contributed by atoms with E-state index in [0.29, 0.717) is 42.5 Å². The summed E-state index contributed by atoms with van der Waals surface area (Å²) in [5.41, 5.74) is 0. The second-order valence-electron chi connectivity index (χ2n) is 3.73. The van der Waals surface area contributed by atoms with Gasteiger partial charge in [-0.3, -0.25) is 0 Å². The summed E-state index contributed by atoms with van der Waals surface area (Å²) in [7, 11) is 0. The lowest BCUT2D eigenvalue weighted by Crippen LogP contribution is -2.00. The number of fused-ring (bicyclic) bond motifs is 2. The zero-order chi connectivity index (χ0) is 13.7. The highest BCUT2D eigenvalue weighted by atomic mass is 79.9. The minimum absolute atomic E-state index is 0.389. The lowest BCUT2D eigenvalue weighted by Gasteiger charge is -2.22. The highest BCUT2D eigenvalue weighted by molar-refractivity contribution is 9.13. The SMILES string of the molecule is Clc1cc2c(cc1Cl)Oc1c(cc(Br)c(Br)c1Cl)O2. The summed E-state index contributed by atoms with van der Waals surface area (Å²) < 4.78 is 12.9. The Morgan fingerprint density at radius 3 is 2.00 bits per heavy atom. The van der Waals surface area contributed by atoms with E-state index in [0.717, 1.165) is 4.47 Å². The van der Waals surface area contributed by atoms with Crippen LogP contribution in [0.25, 0.3) is 0 Å². The maximum absolute atomic E-state index is 6.21. The fourth-order valence-electron chi connectivity index (χ4n) is 1.63. The van der Waals surface area contributed by atoms with Crippen LogP contribution in [0.15, 0.2) is 27.1 Å². The fourth-order valence-corrected chi connectivity index (χ4v) is 2.98. The van der Waals surface area contributed by atoms with E-state index in [1.165, 1.54) is 0 Å². The molecule has 0 radical (unpaired) electrons. The second-order valence-corrected chi connectivity index (χ2v) is 6.57. The van der Waals surface area contributed by atoms with E-state index in [4.69, 9.17) is 44.3 Å². The van der Waals surface area contributed by atoms with Gasteiger partial charge in [0.15, 0.2) is 23.0 Å². The van der Waals surface area contributed by atoms with Crippen LogP contribution in [0.4, 0.5) is 0 Å². The molecular formula is C12H3Br2Cl3O2. The Morgan fingerprint density at radius 1 is 0.789 bits per heavy atom. The van der Waals surface area contributed by atoms with Crippen molar-refractivity contribution in [2.24, 2.45) is 0 Å². The van der Waals surface area contributed by atoms with Gasteiger partial charge in [0.2, 0.25) is 0 Å². The maximum atomic E-state index is 6.21. The first-order valence-corrected chi connectivity index (χ1v) is 7.71. The number of hydrogen-bond acceptors (Lipinski definition) is 2. The molecule has 2 aromatic rings. The topological polar surface area (TPSA) is 18.5 Å². The van der Waals surface area contributed by atoms with E-state index in [1.54, 1.807) is 18.2 Å². The van der Waals surface area contributed by atoms with Gasteiger partial charge in [-0.05, 0) is 31.9 Å². The molecule has 3 rings (SSSR count). The van der Waals surface area contributed by atoms with Crippen LogP contribution in [-0.4, -0.2) is 0 Å². The van der Waals surface area contributed by atoms with Gasteiger partial charge in [0.1, 0.15) is 5.02 Å². The van der Waals surface area contributed by atoms with Gasteiger partial charge in [0.05, 0.1) is 14.5 Å². The molecule has 2 aromatic carbocycles. The molecule has 1 aliphatic heterocycles. The van der Waals surface area contributed by atoms with Gasteiger partial charge >= 0.3 is 0 Å². The fraction of sp³-hybridized carbons (Fsp3) is 0. The van der Waals surface area contributed by atoms with Crippen molar-refractivity contribution in [2.75, 3.05) is 0 Å². The summed E-state index contributed by atoms with van der Waals surface area (Å²) in [5, 5.41) is 1.20. The monoisotopic (exact) mass is 442 g/mol. The number of benzene rings is 2. The lowest BCUT2D eigenvalue weighted by molar-refractivity contribution is 0.359. The molecule has 19 heavy (non-hydrogen) atoms. The van der Waals surface area contributed by atoms with Gasteiger partial charge in [-0.25, -0.2) is 0 Å². The van der Waals surface area contributed by atoms with Crippen molar-refractivity contribution in [3.8, 4) is 23.0 Å². The minimum Gasteiger partial charge on any atom is -0.449 e. The molecule has 0 aromatic heterocycles. The quantitative estimate of drug-likeness (QED) is 0.345. The average Bonchev–Trinajstić information content (AvgIpc) is 2.37. The normalized spacial score (nSPS) is 12.3. The van der Waals surface area contributed by atoms with Crippen molar-refractivity contribution < 1.29 is 9.47 Å². The van der Waals surface area contributed by atoms with Crippen molar-refractivity contribution in [3.05, 3.63) is 42.2 Å². The van der Waals surface area contributed by atoms with Crippen molar-refractivity contribution in [1.29, 1.82) is 0 Å². The largest absolute Gasteiger partial charge is 0.449 e. The van der Waals surface area contributed by atoms with E-state index in [2.05, 4.69) is 31.9 Å². The summed E-state index contributed by atoms with van der Waals surface area (Å²) in [5.74, 6) is 1.90. The highest BCUT2D eigenvalue weighted by Crippen LogP contribution is 2.53. The molecule has 1 aliphatic rings.